The molecule has 0 radical (unpaired) electrons. The quantitative estimate of drug-likeness (QED) is 0.712. The van der Waals surface area contributed by atoms with Crippen molar-refractivity contribution in [1.82, 2.24) is 10.2 Å². The van der Waals surface area contributed by atoms with E-state index in [2.05, 4.69) is 15.5 Å². The lowest BCUT2D eigenvalue weighted by Crippen LogP contribution is -2.29. The van der Waals surface area contributed by atoms with Gasteiger partial charge in [-0.15, -0.1) is 10.2 Å². The van der Waals surface area contributed by atoms with E-state index in [1.54, 1.807) is 4.90 Å². The second-order valence-electron chi connectivity index (χ2n) is 5.99. The normalized spacial score (nSPS) is 12.8. The number of aromatic nitrogens is 2. The van der Waals surface area contributed by atoms with Crippen LogP contribution in [0.5, 0.6) is 0 Å². The Hall–Kier alpha value is -3.42. The molecule has 3 aromatic rings. The zero-order valence-electron chi connectivity index (χ0n) is 13.9. The number of carbonyl (C=O) groups is 1. The second kappa shape index (κ2) is 6.71. The van der Waals surface area contributed by atoms with Crippen molar-refractivity contribution in [3.63, 3.8) is 0 Å². The number of benzene rings is 2. The summed E-state index contributed by atoms with van der Waals surface area (Å²) in [5, 5.41) is 10.2. The summed E-state index contributed by atoms with van der Waals surface area (Å²) in [6.07, 6.45) is 0.768. The van der Waals surface area contributed by atoms with Crippen LogP contribution in [0.25, 0.3) is 0 Å². The van der Waals surface area contributed by atoms with E-state index >= 15 is 0 Å². The lowest BCUT2D eigenvalue weighted by molar-refractivity contribution is 0.0983. The standard InChI is InChI=1S/C19H13F3N4O/c20-12-5-6-13(18(22)17(12)21)23-16-8-7-14(24-25-16)19(27)26-10-9-11-3-1-2-4-15(11)26/h1-8H,9-10H2,(H,23,25). The van der Waals surface area contributed by atoms with Gasteiger partial charge in [0.05, 0.1) is 5.69 Å². The average Bonchev–Trinajstić information content (AvgIpc) is 3.12. The van der Waals surface area contributed by atoms with E-state index in [4.69, 9.17) is 0 Å². The summed E-state index contributed by atoms with van der Waals surface area (Å²) in [5.41, 5.74) is 1.78. The van der Waals surface area contributed by atoms with Crippen LogP contribution in [-0.2, 0) is 6.42 Å². The van der Waals surface area contributed by atoms with E-state index in [1.165, 1.54) is 12.1 Å². The van der Waals surface area contributed by atoms with Crippen molar-refractivity contribution < 1.29 is 18.0 Å². The van der Waals surface area contributed by atoms with E-state index in [-0.39, 0.29) is 23.1 Å². The lowest BCUT2D eigenvalue weighted by atomic mass is 10.2. The molecule has 0 saturated carbocycles. The van der Waals surface area contributed by atoms with Gasteiger partial charge < -0.3 is 10.2 Å². The summed E-state index contributed by atoms with van der Waals surface area (Å²) in [6.45, 7) is 0.555. The van der Waals surface area contributed by atoms with Gasteiger partial charge in [0.15, 0.2) is 29.0 Å². The molecule has 0 bridgehead atoms. The fourth-order valence-electron chi connectivity index (χ4n) is 2.96. The van der Waals surface area contributed by atoms with Crippen LogP contribution in [0.2, 0.25) is 0 Å². The molecule has 1 amide bonds. The van der Waals surface area contributed by atoms with Crippen LogP contribution in [0.3, 0.4) is 0 Å². The number of rotatable bonds is 3. The molecule has 0 unspecified atom stereocenters. The van der Waals surface area contributed by atoms with E-state index in [9.17, 15) is 18.0 Å². The van der Waals surface area contributed by atoms with Gasteiger partial charge >= 0.3 is 0 Å². The number of fused-ring (bicyclic) bond motifs is 1. The van der Waals surface area contributed by atoms with E-state index in [0.29, 0.717) is 6.54 Å². The molecule has 8 heteroatoms. The molecule has 1 N–H and O–H groups in total. The Morgan fingerprint density at radius 1 is 0.963 bits per heavy atom. The number of halogens is 3. The fourth-order valence-corrected chi connectivity index (χ4v) is 2.96. The predicted octanol–water partition coefficient (Wildman–Crippen LogP) is 3.84. The van der Waals surface area contributed by atoms with Crippen molar-refractivity contribution >= 4 is 23.1 Å². The maximum atomic E-state index is 13.7. The summed E-state index contributed by atoms with van der Waals surface area (Å²) in [4.78, 5) is 14.3. The Balaban J connectivity index is 1.53. The topological polar surface area (TPSA) is 58.1 Å². The van der Waals surface area contributed by atoms with Crippen LogP contribution in [-0.4, -0.2) is 22.6 Å². The van der Waals surface area contributed by atoms with Gasteiger partial charge in [0.2, 0.25) is 0 Å². The number of hydrogen-bond acceptors (Lipinski definition) is 4. The number of nitrogens with one attached hydrogen (secondary N) is 1. The van der Waals surface area contributed by atoms with Crippen LogP contribution in [0, 0.1) is 17.5 Å². The van der Waals surface area contributed by atoms with Gasteiger partial charge in [0.25, 0.3) is 5.91 Å². The number of para-hydroxylation sites is 1. The zero-order valence-corrected chi connectivity index (χ0v) is 13.9. The number of amides is 1. The van der Waals surface area contributed by atoms with Gasteiger partial charge in [-0.05, 0) is 42.3 Å². The third-order valence-electron chi connectivity index (χ3n) is 4.31. The summed E-state index contributed by atoms with van der Waals surface area (Å²) in [6, 6.07) is 12.3. The average molecular weight is 370 g/mol. The number of anilines is 3. The minimum Gasteiger partial charge on any atom is -0.336 e. The van der Waals surface area contributed by atoms with Gasteiger partial charge in [0.1, 0.15) is 0 Å². The van der Waals surface area contributed by atoms with Crippen molar-refractivity contribution in [2.45, 2.75) is 6.42 Å². The highest BCUT2D eigenvalue weighted by atomic mass is 19.2. The molecular weight excluding hydrogens is 357 g/mol. The third-order valence-corrected chi connectivity index (χ3v) is 4.31. The van der Waals surface area contributed by atoms with Gasteiger partial charge in [-0.3, -0.25) is 4.79 Å². The number of hydrogen-bond donors (Lipinski definition) is 1. The second-order valence-corrected chi connectivity index (χ2v) is 5.99. The molecule has 0 fully saturated rings. The highest BCUT2D eigenvalue weighted by Gasteiger charge is 2.26. The smallest absolute Gasteiger partial charge is 0.278 e. The Morgan fingerprint density at radius 2 is 1.78 bits per heavy atom. The third kappa shape index (κ3) is 3.10. The Morgan fingerprint density at radius 3 is 2.56 bits per heavy atom. The Labute approximate surface area is 152 Å². The first-order chi connectivity index (χ1) is 13.0. The molecule has 1 aliphatic heterocycles. The fraction of sp³-hybridized carbons (Fsp3) is 0.105. The highest BCUT2D eigenvalue weighted by Crippen LogP contribution is 2.28. The Bertz CT molecular complexity index is 1020. The maximum absolute atomic E-state index is 13.7. The molecule has 1 aliphatic rings. The van der Waals surface area contributed by atoms with Crippen molar-refractivity contribution in [1.29, 1.82) is 0 Å². The molecule has 2 aromatic carbocycles. The van der Waals surface area contributed by atoms with Gasteiger partial charge in [0, 0.05) is 12.2 Å². The molecule has 4 rings (SSSR count). The van der Waals surface area contributed by atoms with Crippen molar-refractivity contribution in [3.8, 4) is 0 Å². The first kappa shape index (κ1) is 17.0. The maximum Gasteiger partial charge on any atom is 0.278 e. The summed E-state index contributed by atoms with van der Waals surface area (Å²) >= 11 is 0. The van der Waals surface area contributed by atoms with E-state index < -0.39 is 17.5 Å². The van der Waals surface area contributed by atoms with Crippen molar-refractivity contribution in [2.24, 2.45) is 0 Å². The molecule has 0 atom stereocenters. The summed E-state index contributed by atoms with van der Waals surface area (Å²) < 4.78 is 40.0. The molecule has 136 valence electrons. The number of nitrogens with zero attached hydrogens (tertiary/aromatic N) is 3. The molecule has 0 aliphatic carbocycles. The van der Waals surface area contributed by atoms with Gasteiger partial charge in [-0.25, -0.2) is 13.2 Å². The molecule has 1 aromatic heterocycles. The van der Waals surface area contributed by atoms with E-state index in [0.717, 1.165) is 29.8 Å². The molecular formula is C19H13F3N4O. The minimum absolute atomic E-state index is 0.0956. The minimum atomic E-state index is -1.58. The van der Waals surface area contributed by atoms with Crippen LogP contribution in [0.1, 0.15) is 16.1 Å². The molecule has 0 saturated heterocycles. The monoisotopic (exact) mass is 370 g/mol. The lowest BCUT2D eigenvalue weighted by Gasteiger charge is -2.16. The molecule has 27 heavy (non-hydrogen) atoms. The summed E-state index contributed by atoms with van der Waals surface area (Å²) in [5.74, 6) is -4.41. The molecule has 0 spiro atoms. The van der Waals surface area contributed by atoms with Crippen molar-refractivity contribution in [2.75, 3.05) is 16.8 Å². The van der Waals surface area contributed by atoms with Crippen LogP contribution < -0.4 is 10.2 Å². The van der Waals surface area contributed by atoms with E-state index in [1.807, 2.05) is 24.3 Å². The van der Waals surface area contributed by atoms with Crippen LogP contribution in [0.15, 0.2) is 48.5 Å². The first-order valence-electron chi connectivity index (χ1n) is 8.18. The number of carbonyl (C=O) groups excluding carboxylic acids is 1. The zero-order chi connectivity index (χ0) is 19.0. The predicted molar refractivity (Wildman–Crippen MR) is 93.5 cm³/mol. The van der Waals surface area contributed by atoms with Crippen molar-refractivity contribution in [3.05, 3.63) is 77.2 Å². The largest absolute Gasteiger partial charge is 0.336 e. The molecule has 2 heterocycles. The van der Waals surface area contributed by atoms with Crippen LogP contribution >= 0.6 is 0 Å². The van der Waals surface area contributed by atoms with Gasteiger partial charge in [-0.2, -0.15) is 0 Å². The first-order valence-corrected chi connectivity index (χ1v) is 8.18. The summed E-state index contributed by atoms with van der Waals surface area (Å²) in [7, 11) is 0. The SMILES string of the molecule is O=C(c1ccc(Nc2ccc(F)c(F)c2F)nn1)N1CCc2ccccc21. The highest BCUT2D eigenvalue weighted by molar-refractivity contribution is 6.06. The molecule has 5 nitrogen and oxygen atoms in total. The Kier molecular flexibility index (Phi) is 4.23. The van der Waals surface area contributed by atoms with Gasteiger partial charge in [-0.1, -0.05) is 18.2 Å². The van der Waals surface area contributed by atoms with Crippen LogP contribution in [0.4, 0.5) is 30.4 Å².